The fraction of sp³-hybridized carbons (Fsp3) is 0.677. The highest BCUT2D eigenvalue weighted by Gasteiger charge is 2.19. The molecule has 0 aliphatic heterocycles. The number of unbranched alkanes of at least 4 members (excludes halogenated alkanes) is 23. The summed E-state index contributed by atoms with van der Waals surface area (Å²) in [7, 11) is 0. The van der Waals surface area contributed by atoms with Crippen LogP contribution in [0.15, 0.2) is 109 Å². The maximum Gasteiger partial charge on any atom is 0.306 e. The summed E-state index contributed by atoms with van der Waals surface area (Å²) < 4.78 is 16.8. The fourth-order valence-corrected chi connectivity index (χ4v) is 7.83. The summed E-state index contributed by atoms with van der Waals surface area (Å²) in [4.78, 5) is 38.2. The van der Waals surface area contributed by atoms with Gasteiger partial charge in [-0.1, -0.05) is 233 Å². The molecule has 6 heteroatoms. The maximum absolute atomic E-state index is 12.9. The van der Waals surface area contributed by atoms with Crippen LogP contribution in [0.1, 0.15) is 265 Å². The van der Waals surface area contributed by atoms with E-state index in [2.05, 4.69) is 130 Å². The van der Waals surface area contributed by atoms with Crippen LogP contribution in [-0.2, 0) is 28.6 Å². The first-order chi connectivity index (χ1) is 35.0. The molecule has 0 aromatic heterocycles. The standard InChI is InChI=1S/C65H108O6/c1-4-7-10-13-16-19-22-25-28-30-31-32-33-35-38-41-44-47-50-53-56-59-65(68)71-62(60-69-63(66)57-54-51-48-45-42-39-36-27-24-21-18-15-12-9-6-3)61-70-64(67)58-55-52-49-46-43-40-37-34-29-26-23-20-17-14-11-8-5-2/h9,12,17-18,20-21,25-29,36-37,40,42,45-46,49,62H,4-8,10-11,13-16,19,22-24,30-35,38-39,41,43-44,47-48,50-61H2,1-3H3/b12-9-,20-17-,21-18-,28-25-,29-26-,36-27-,40-37-,45-42-,49-46-/t62-/m1/s1. The molecule has 0 aromatic carbocycles. The molecule has 0 saturated heterocycles. The Kier molecular flexibility index (Phi) is 55.4. The first-order valence-corrected chi connectivity index (χ1v) is 29.4. The third-order valence-electron chi connectivity index (χ3n) is 12.2. The Labute approximate surface area is 438 Å². The Morgan fingerprint density at radius 2 is 0.563 bits per heavy atom. The number of carbonyl (C=O) groups is 3. The second-order valence-electron chi connectivity index (χ2n) is 19.2. The van der Waals surface area contributed by atoms with Crippen molar-refractivity contribution < 1.29 is 28.6 Å². The van der Waals surface area contributed by atoms with Gasteiger partial charge in [0.25, 0.3) is 0 Å². The van der Waals surface area contributed by atoms with Gasteiger partial charge >= 0.3 is 17.9 Å². The van der Waals surface area contributed by atoms with Crippen LogP contribution in [0, 0.1) is 0 Å². The molecule has 0 aromatic rings. The van der Waals surface area contributed by atoms with Gasteiger partial charge in [-0.05, 0) is 122 Å². The van der Waals surface area contributed by atoms with E-state index >= 15 is 0 Å². The van der Waals surface area contributed by atoms with E-state index in [1.807, 2.05) is 0 Å². The van der Waals surface area contributed by atoms with Gasteiger partial charge in [0.1, 0.15) is 13.2 Å². The zero-order valence-electron chi connectivity index (χ0n) is 46.2. The monoisotopic (exact) mass is 985 g/mol. The van der Waals surface area contributed by atoms with E-state index in [1.165, 1.54) is 128 Å². The molecule has 0 N–H and O–H groups in total. The number of esters is 3. The predicted octanol–water partition coefficient (Wildman–Crippen LogP) is 19.9. The van der Waals surface area contributed by atoms with Crippen molar-refractivity contribution in [1.82, 2.24) is 0 Å². The molecule has 6 nitrogen and oxygen atoms in total. The topological polar surface area (TPSA) is 78.9 Å². The van der Waals surface area contributed by atoms with E-state index in [0.29, 0.717) is 25.7 Å². The van der Waals surface area contributed by atoms with Crippen molar-refractivity contribution in [3.05, 3.63) is 109 Å². The molecule has 0 amide bonds. The normalized spacial score (nSPS) is 12.9. The third-order valence-corrected chi connectivity index (χ3v) is 12.2. The lowest BCUT2D eigenvalue weighted by molar-refractivity contribution is -0.167. The summed E-state index contributed by atoms with van der Waals surface area (Å²) in [5, 5.41) is 0. The first kappa shape index (κ1) is 67.1. The van der Waals surface area contributed by atoms with Gasteiger partial charge in [-0.15, -0.1) is 0 Å². The number of ether oxygens (including phenoxy) is 3. The molecule has 1 atom stereocenters. The first-order valence-electron chi connectivity index (χ1n) is 29.4. The Balaban J connectivity index is 4.49. The number of carbonyl (C=O) groups excluding carboxylic acids is 3. The SMILES string of the molecule is CC/C=C\C/C=C\C/C=C\C/C=C\CCCCC(=O)OC[C@H](COC(=O)CCC/C=C\C/C=C\C/C=C\C/C=C\CCCCC)OC(=O)CCCCCCCCCCCCC/C=C\CCCCCCCC. The second-order valence-corrected chi connectivity index (χ2v) is 19.2. The van der Waals surface area contributed by atoms with Gasteiger partial charge in [-0.3, -0.25) is 14.4 Å². The number of hydrogen-bond donors (Lipinski definition) is 0. The molecule has 404 valence electrons. The van der Waals surface area contributed by atoms with Crippen molar-refractivity contribution in [2.24, 2.45) is 0 Å². The molecular formula is C65H108O6. The minimum Gasteiger partial charge on any atom is -0.462 e. The molecule has 0 radical (unpaired) electrons. The fourth-order valence-electron chi connectivity index (χ4n) is 7.83. The molecule has 0 aliphatic carbocycles. The van der Waals surface area contributed by atoms with Crippen molar-refractivity contribution in [1.29, 1.82) is 0 Å². The lowest BCUT2D eigenvalue weighted by Gasteiger charge is -2.18. The van der Waals surface area contributed by atoms with E-state index in [0.717, 1.165) is 83.5 Å². The Hall–Kier alpha value is -3.93. The molecule has 0 fully saturated rings. The summed E-state index contributed by atoms with van der Waals surface area (Å²) in [6.07, 6.45) is 79.5. The van der Waals surface area contributed by atoms with Gasteiger partial charge in [0.05, 0.1) is 0 Å². The van der Waals surface area contributed by atoms with Crippen LogP contribution in [0.2, 0.25) is 0 Å². The average molecular weight is 986 g/mol. The molecule has 0 saturated carbocycles. The summed E-state index contributed by atoms with van der Waals surface area (Å²) in [6.45, 7) is 6.42. The molecular weight excluding hydrogens is 877 g/mol. The molecule has 0 bridgehead atoms. The number of rotatable bonds is 52. The molecule has 0 spiro atoms. The van der Waals surface area contributed by atoms with Crippen LogP contribution < -0.4 is 0 Å². The molecule has 0 rings (SSSR count). The molecule has 0 heterocycles. The highest BCUT2D eigenvalue weighted by atomic mass is 16.6. The van der Waals surface area contributed by atoms with Crippen LogP contribution >= 0.6 is 0 Å². The largest absolute Gasteiger partial charge is 0.462 e. The van der Waals surface area contributed by atoms with Crippen LogP contribution in [0.4, 0.5) is 0 Å². The molecule has 71 heavy (non-hydrogen) atoms. The van der Waals surface area contributed by atoms with Gasteiger partial charge in [-0.2, -0.15) is 0 Å². The third kappa shape index (κ3) is 56.9. The molecule has 0 unspecified atom stereocenters. The van der Waals surface area contributed by atoms with Crippen LogP contribution in [-0.4, -0.2) is 37.2 Å². The summed E-state index contributed by atoms with van der Waals surface area (Å²) in [6, 6.07) is 0. The van der Waals surface area contributed by atoms with E-state index < -0.39 is 6.10 Å². The average Bonchev–Trinajstić information content (AvgIpc) is 3.37. The van der Waals surface area contributed by atoms with E-state index in [9.17, 15) is 14.4 Å². The highest BCUT2D eigenvalue weighted by molar-refractivity contribution is 5.71. The van der Waals surface area contributed by atoms with Crippen LogP contribution in [0.25, 0.3) is 0 Å². The highest BCUT2D eigenvalue weighted by Crippen LogP contribution is 2.15. The quantitative estimate of drug-likeness (QED) is 0.0261. The smallest absolute Gasteiger partial charge is 0.306 e. The maximum atomic E-state index is 12.9. The van der Waals surface area contributed by atoms with Crippen LogP contribution in [0.3, 0.4) is 0 Å². The van der Waals surface area contributed by atoms with Gasteiger partial charge in [-0.25, -0.2) is 0 Å². The molecule has 0 aliphatic rings. The van der Waals surface area contributed by atoms with Crippen molar-refractivity contribution in [2.45, 2.75) is 271 Å². The number of hydrogen-bond acceptors (Lipinski definition) is 6. The predicted molar refractivity (Wildman–Crippen MR) is 307 cm³/mol. The van der Waals surface area contributed by atoms with Gasteiger partial charge in [0.2, 0.25) is 0 Å². The Morgan fingerprint density at radius 3 is 0.986 bits per heavy atom. The summed E-state index contributed by atoms with van der Waals surface area (Å²) in [5.74, 6) is -1.01. The van der Waals surface area contributed by atoms with Crippen LogP contribution in [0.5, 0.6) is 0 Å². The minimum atomic E-state index is -0.820. The zero-order chi connectivity index (χ0) is 51.4. The van der Waals surface area contributed by atoms with E-state index in [-0.39, 0.29) is 37.5 Å². The van der Waals surface area contributed by atoms with Gasteiger partial charge in [0, 0.05) is 19.3 Å². The van der Waals surface area contributed by atoms with Gasteiger partial charge < -0.3 is 14.2 Å². The second kappa shape index (κ2) is 58.6. The lowest BCUT2D eigenvalue weighted by atomic mass is 10.0. The van der Waals surface area contributed by atoms with Crippen molar-refractivity contribution in [2.75, 3.05) is 13.2 Å². The van der Waals surface area contributed by atoms with E-state index in [4.69, 9.17) is 14.2 Å². The van der Waals surface area contributed by atoms with Crippen molar-refractivity contribution in [3.63, 3.8) is 0 Å². The zero-order valence-corrected chi connectivity index (χ0v) is 46.2. The summed E-state index contributed by atoms with van der Waals surface area (Å²) >= 11 is 0. The van der Waals surface area contributed by atoms with Crippen molar-refractivity contribution >= 4 is 17.9 Å². The Bertz CT molecular complexity index is 1460. The van der Waals surface area contributed by atoms with Gasteiger partial charge in [0.15, 0.2) is 6.10 Å². The summed E-state index contributed by atoms with van der Waals surface area (Å²) in [5.41, 5.74) is 0. The Morgan fingerprint density at radius 1 is 0.296 bits per heavy atom. The number of allylic oxidation sites excluding steroid dienone is 18. The minimum absolute atomic E-state index is 0.118. The lowest BCUT2D eigenvalue weighted by Crippen LogP contribution is -2.30. The van der Waals surface area contributed by atoms with Crippen molar-refractivity contribution in [3.8, 4) is 0 Å². The van der Waals surface area contributed by atoms with E-state index in [1.54, 1.807) is 0 Å².